The lowest BCUT2D eigenvalue weighted by molar-refractivity contribution is -0.131. The van der Waals surface area contributed by atoms with Crippen molar-refractivity contribution >= 4 is 45.1 Å². The number of piperidine rings is 1. The number of carboxylic acid groups (broad SMARTS) is 1. The van der Waals surface area contributed by atoms with Crippen LogP contribution in [0, 0.1) is 17.7 Å². The van der Waals surface area contributed by atoms with E-state index < -0.39 is 21.8 Å². The lowest BCUT2D eigenvalue weighted by atomic mass is 9.84. The molecule has 3 aliphatic rings. The molecule has 2 atom stereocenters. The van der Waals surface area contributed by atoms with E-state index in [9.17, 15) is 17.6 Å². The van der Waals surface area contributed by atoms with Crippen molar-refractivity contribution in [2.24, 2.45) is 11.8 Å². The highest BCUT2D eigenvalue weighted by Crippen LogP contribution is 2.38. The third-order valence-electron chi connectivity index (χ3n) is 5.95. The number of aliphatic carboxylic acids is 1. The van der Waals surface area contributed by atoms with E-state index in [1.807, 2.05) is 13.0 Å². The maximum Gasteiger partial charge on any atom is 0.342 e. The zero-order valence-electron chi connectivity index (χ0n) is 18.2. The van der Waals surface area contributed by atoms with Crippen LogP contribution in [0.5, 0.6) is 0 Å². The molecule has 1 aromatic rings. The van der Waals surface area contributed by atoms with E-state index in [-0.39, 0.29) is 21.6 Å². The minimum Gasteiger partial charge on any atom is -0.477 e. The maximum atomic E-state index is 13.3. The number of hydrogen-bond acceptors (Lipinski definition) is 6. The van der Waals surface area contributed by atoms with Crippen LogP contribution in [-0.4, -0.2) is 41.9 Å². The molecular weight excluding hydrogens is 501 g/mol. The molecule has 11 heteroatoms. The van der Waals surface area contributed by atoms with E-state index in [1.165, 1.54) is 34.0 Å². The van der Waals surface area contributed by atoms with Gasteiger partial charge < -0.3 is 10.4 Å². The Morgan fingerprint density at radius 1 is 1.38 bits per heavy atom. The van der Waals surface area contributed by atoms with Gasteiger partial charge in [0.05, 0.1) is 27.4 Å². The highest BCUT2D eigenvalue weighted by molar-refractivity contribution is 8.07. The van der Waals surface area contributed by atoms with Gasteiger partial charge in [0.15, 0.2) is 0 Å². The van der Waals surface area contributed by atoms with Crippen LogP contribution in [0.4, 0.5) is 4.39 Å². The second-order valence-electron chi connectivity index (χ2n) is 8.20. The summed E-state index contributed by atoms with van der Waals surface area (Å²) in [5.74, 6) is -1.54. The quantitative estimate of drug-likeness (QED) is 0.589. The van der Waals surface area contributed by atoms with E-state index in [0.29, 0.717) is 36.7 Å². The molecule has 0 aromatic carbocycles. The number of allylic oxidation sites excluding steroid dienone is 6. The van der Waals surface area contributed by atoms with Gasteiger partial charge in [-0.1, -0.05) is 42.4 Å². The Balaban J connectivity index is 1.47. The highest BCUT2D eigenvalue weighted by atomic mass is 35.5. The molecule has 4 heterocycles. The molecule has 4 rings (SSSR count). The van der Waals surface area contributed by atoms with Crippen molar-refractivity contribution in [2.45, 2.75) is 19.8 Å². The van der Waals surface area contributed by atoms with Gasteiger partial charge in [-0.3, -0.25) is 4.98 Å². The first kappa shape index (κ1) is 24.7. The molecule has 180 valence electrons. The third-order valence-corrected chi connectivity index (χ3v) is 9.25. The number of dihydropyridines is 1. The fourth-order valence-electron chi connectivity index (χ4n) is 4.17. The topological polar surface area (TPSA) is 99.6 Å². The summed E-state index contributed by atoms with van der Waals surface area (Å²) in [6, 6.07) is 2.94. The Hall–Kier alpha value is -2.40. The van der Waals surface area contributed by atoms with E-state index in [2.05, 4.69) is 10.3 Å². The van der Waals surface area contributed by atoms with E-state index in [4.69, 9.17) is 16.7 Å². The van der Waals surface area contributed by atoms with Crippen LogP contribution in [0.1, 0.15) is 25.5 Å². The van der Waals surface area contributed by atoms with Gasteiger partial charge in [-0.25, -0.2) is 17.6 Å². The number of thioether (sulfide) groups is 1. The summed E-state index contributed by atoms with van der Waals surface area (Å²) in [5.41, 5.74) is 2.19. The van der Waals surface area contributed by atoms with Crippen molar-refractivity contribution in [2.75, 3.05) is 13.1 Å². The summed E-state index contributed by atoms with van der Waals surface area (Å²) in [6.07, 6.45) is 8.38. The maximum absolute atomic E-state index is 13.3. The van der Waals surface area contributed by atoms with Gasteiger partial charge in [0, 0.05) is 36.2 Å². The number of carboxylic acids is 1. The standard InChI is InChI=1S/C23H23ClFN3O4S2/c1-14-12-28(34(31,32)16-3-2-4-21(23(29)30)33-13-16)10-9-17(14)22-18(24)6-8-20(27-22)19-7-5-15(25)11-26-19/h2-5,7-8,11,13-14,17,27H,6,9-10,12H2,1H3,(H,29,30)/t14-,17+/m0/s1. The number of pyridine rings is 1. The molecule has 1 aromatic heterocycles. The van der Waals surface area contributed by atoms with Gasteiger partial charge in [0.2, 0.25) is 10.0 Å². The van der Waals surface area contributed by atoms with Gasteiger partial charge in [0.25, 0.3) is 0 Å². The minimum absolute atomic E-state index is 0.0106. The van der Waals surface area contributed by atoms with Gasteiger partial charge in [-0.2, -0.15) is 4.31 Å². The van der Waals surface area contributed by atoms with Crippen LogP contribution in [-0.2, 0) is 14.8 Å². The van der Waals surface area contributed by atoms with E-state index in [0.717, 1.165) is 29.4 Å². The van der Waals surface area contributed by atoms with Crippen LogP contribution in [0.3, 0.4) is 0 Å². The number of nitrogens with zero attached hydrogens (tertiary/aromatic N) is 2. The van der Waals surface area contributed by atoms with Crippen LogP contribution >= 0.6 is 23.4 Å². The molecule has 0 bridgehead atoms. The SMILES string of the molecule is C[C@H]1CN(S(=O)(=O)C2=CSC(C(=O)O)=CC=C2)CC[C@H]1C1=C(Cl)CC=C(c2ccc(F)cn2)N1. The Bertz CT molecular complexity index is 1250. The second kappa shape index (κ2) is 10.1. The van der Waals surface area contributed by atoms with Crippen molar-refractivity contribution < 1.29 is 22.7 Å². The molecule has 0 unspecified atom stereocenters. The van der Waals surface area contributed by atoms with Crippen LogP contribution in [0.15, 0.2) is 68.6 Å². The normalized spacial score (nSPS) is 24.0. The molecule has 0 aliphatic carbocycles. The lowest BCUT2D eigenvalue weighted by Crippen LogP contribution is -2.45. The molecule has 0 radical (unpaired) electrons. The molecule has 1 fully saturated rings. The summed E-state index contributed by atoms with van der Waals surface area (Å²) < 4.78 is 41.2. The molecular formula is C23H23ClFN3O4S2. The number of aromatic nitrogens is 1. The predicted octanol–water partition coefficient (Wildman–Crippen LogP) is 4.41. The summed E-state index contributed by atoms with van der Waals surface area (Å²) in [7, 11) is -3.78. The van der Waals surface area contributed by atoms with Crippen molar-refractivity contribution in [3.63, 3.8) is 0 Å². The first-order valence-corrected chi connectivity index (χ1v) is 13.3. The monoisotopic (exact) mass is 523 g/mol. The minimum atomic E-state index is -3.78. The first-order chi connectivity index (χ1) is 16.2. The number of sulfonamides is 1. The van der Waals surface area contributed by atoms with Crippen molar-refractivity contribution in [1.29, 1.82) is 0 Å². The smallest absolute Gasteiger partial charge is 0.342 e. The zero-order valence-corrected chi connectivity index (χ0v) is 20.6. The first-order valence-electron chi connectivity index (χ1n) is 10.6. The lowest BCUT2D eigenvalue weighted by Gasteiger charge is -2.39. The Labute approximate surface area is 206 Å². The van der Waals surface area contributed by atoms with Crippen molar-refractivity contribution in [3.8, 4) is 0 Å². The van der Waals surface area contributed by atoms with Crippen LogP contribution in [0.25, 0.3) is 5.70 Å². The third kappa shape index (κ3) is 5.14. The van der Waals surface area contributed by atoms with Crippen molar-refractivity contribution in [1.82, 2.24) is 14.6 Å². The molecule has 3 aliphatic heterocycles. The summed E-state index contributed by atoms with van der Waals surface area (Å²) in [4.78, 5) is 15.4. The van der Waals surface area contributed by atoms with Gasteiger partial charge in [-0.15, -0.1) is 0 Å². The largest absolute Gasteiger partial charge is 0.477 e. The van der Waals surface area contributed by atoms with E-state index in [1.54, 1.807) is 6.07 Å². The van der Waals surface area contributed by atoms with Crippen LogP contribution < -0.4 is 5.32 Å². The molecule has 1 saturated heterocycles. The Morgan fingerprint density at radius 2 is 2.18 bits per heavy atom. The Morgan fingerprint density at radius 3 is 2.85 bits per heavy atom. The fraction of sp³-hybridized carbons (Fsp3) is 0.304. The van der Waals surface area contributed by atoms with Crippen LogP contribution in [0.2, 0.25) is 0 Å². The summed E-state index contributed by atoms with van der Waals surface area (Å²) >= 11 is 7.43. The molecule has 7 nitrogen and oxygen atoms in total. The molecule has 0 amide bonds. The molecule has 2 N–H and O–H groups in total. The molecule has 34 heavy (non-hydrogen) atoms. The van der Waals surface area contributed by atoms with Gasteiger partial charge in [-0.05, 0) is 42.0 Å². The van der Waals surface area contributed by atoms with Gasteiger partial charge in [0.1, 0.15) is 5.82 Å². The summed E-state index contributed by atoms with van der Waals surface area (Å²) in [6.45, 7) is 2.58. The average molecular weight is 524 g/mol. The molecule has 0 saturated carbocycles. The number of nitrogens with one attached hydrogen (secondary N) is 1. The fourth-order valence-corrected chi connectivity index (χ4v) is 6.97. The van der Waals surface area contributed by atoms with Gasteiger partial charge >= 0.3 is 5.97 Å². The number of rotatable bonds is 5. The van der Waals surface area contributed by atoms with Crippen molar-refractivity contribution in [3.05, 3.63) is 80.1 Å². The Kier molecular flexibility index (Phi) is 7.32. The zero-order chi connectivity index (χ0) is 24.5. The number of halogens is 2. The predicted molar refractivity (Wildman–Crippen MR) is 131 cm³/mol. The van der Waals surface area contributed by atoms with E-state index >= 15 is 0 Å². The average Bonchev–Trinajstić information content (AvgIpc) is 3.07. The summed E-state index contributed by atoms with van der Waals surface area (Å²) in [5, 5.41) is 14.5. The highest BCUT2D eigenvalue weighted by Gasteiger charge is 2.37. The second-order valence-corrected chi connectivity index (χ2v) is 11.5. The number of carbonyl (C=O) groups is 1. The molecule has 0 spiro atoms. The number of hydrogen-bond donors (Lipinski definition) is 2.